The minimum absolute atomic E-state index is 0.114. The largest absolute Gasteiger partial charge is 0.493 e. The molecule has 5 nitrogen and oxygen atoms in total. The van der Waals surface area contributed by atoms with Crippen molar-refractivity contribution in [2.75, 3.05) is 19.7 Å². The standard InChI is InChI=1S/C19H25NO4S/c1-4-11-23-18-9-10-19(17-8-6-5-7-16(17)18)25(21,22)20-12-14(2)24-15(3)13-20/h5-10,14-15H,4,11-13H2,1-3H3/t14-,15-/m1/s1. The zero-order chi connectivity index (χ0) is 18.0. The molecule has 1 fully saturated rings. The van der Waals surface area contributed by atoms with Crippen LogP contribution in [0.2, 0.25) is 0 Å². The fourth-order valence-electron chi connectivity index (χ4n) is 3.27. The lowest BCUT2D eigenvalue weighted by atomic mass is 10.1. The summed E-state index contributed by atoms with van der Waals surface area (Å²) in [6.45, 7) is 7.19. The van der Waals surface area contributed by atoms with Gasteiger partial charge in [0.25, 0.3) is 0 Å². The van der Waals surface area contributed by atoms with Gasteiger partial charge in [0.1, 0.15) is 5.75 Å². The summed E-state index contributed by atoms with van der Waals surface area (Å²) in [4.78, 5) is 0.327. The van der Waals surface area contributed by atoms with Crippen molar-refractivity contribution >= 4 is 20.8 Å². The first-order valence-electron chi connectivity index (χ1n) is 8.73. The van der Waals surface area contributed by atoms with E-state index in [1.54, 1.807) is 12.1 Å². The van der Waals surface area contributed by atoms with E-state index in [1.807, 2.05) is 45.0 Å². The number of sulfonamides is 1. The zero-order valence-electron chi connectivity index (χ0n) is 14.9. The van der Waals surface area contributed by atoms with Crippen LogP contribution in [0.25, 0.3) is 10.8 Å². The third kappa shape index (κ3) is 3.66. The maximum atomic E-state index is 13.2. The number of fused-ring (bicyclic) bond motifs is 1. The highest BCUT2D eigenvalue weighted by atomic mass is 32.2. The molecule has 0 aromatic heterocycles. The number of hydrogen-bond donors (Lipinski definition) is 0. The molecule has 0 N–H and O–H groups in total. The summed E-state index contributed by atoms with van der Waals surface area (Å²) in [6.07, 6.45) is 0.673. The average Bonchev–Trinajstić information content (AvgIpc) is 2.58. The van der Waals surface area contributed by atoms with Crippen LogP contribution in [0, 0.1) is 0 Å². The second-order valence-electron chi connectivity index (χ2n) is 6.54. The van der Waals surface area contributed by atoms with Gasteiger partial charge in [-0.15, -0.1) is 0 Å². The molecule has 2 aromatic carbocycles. The third-order valence-corrected chi connectivity index (χ3v) is 6.20. The van der Waals surface area contributed by atoms with E-state index in [4.69, 9.17) is 9.47 Å². The van der Waals surface area contributed by atoms with Gasteiger partial charge in [-0.3, -0.25) is 0 Å². The fraction of sp³-hybridized carbons (Fsp3) is 0.474. The van der Waals surface area contributed by atoms with E-state index in [-0.39, 0.29) is 12.2 Å². The average molecular weight is 363 g/mol. The quantitative estimate of drug-likeness (QED) is 0.817. The summed E-state index contributed by atoms with van der Waals surface area (Å²) in [5.74, 6) is 0.722. The third-order valence-electron chi connectivity index (χ3n) is 4.31. The van der Waals surface area contributed by atoms with Crippen molar-refractivity contribution in [3.63, 3.8) is 0 Å². The number of ether oxygens (including phenoxy) is 2. The van der Waals surface area contributed by atoms with Gasteiger partial charge in [0.05, 0.1) is 23.7 Å². The molecule has 1 saturated heterocycles. The summed E-state index contributed by atoms with van der Waals surface area (Å²) in [5, 5.41) is 1.52. The van der Waals surface area contributed by atoms with Crippen LogP contribution in [0.5, 0.6) is 5.75 Å². The van der Waals surface area contributed by atoms with Crippen molar-refractivity contribution in [1.82, 2.24) is 4.31 Å². The van der Waals surface area contributed by atoms with Crippen LogP contribution in [-0.4, -0.2) is 44.6 Å². The van der Waals surface area contributed by atoms with Gasteiger partial charge in [-0.2, -0.15) is 4.31 Å². The molecule has 0 bridgehead atoms. The molecule has 0 saturated carbocycles. The number of rotatable bonds is 5. The Morgan fingerprint density at radius 1 is 1.08 bits per heavy atom. The number of hydrogen-bond acceptors (Lipinski definition) is 4. The molecule has 0 aliphatic carbocycles. The molecule has 3 rings (SSSR count). The van der Waals surface area contributed by atoms with Gasteiger partial charge in [-0.1, -0.05) is 31.2 Å². The summed E-state index contributed by atoms with van der Waals surface area (Å²) in [5.41, 5.74) is 0. The summed E-state index contributed by atoms with van der Waals surface area (Å²) in [6, 6.07) is 10.9. The Morgan fingerprint density at radius 2 is 1.72 bits per heavy atom. The lowest BCUT2D eigenvalue weighted by Crippen LogP contribution is -2.48. The minimum Gasteiger partial charge on any atom is -0.493 e. The Morgan fingerprint density at radius 3 is 2.36 bits per heavy atom. The first kappa shape index (κ1) is 18.2. The molecular weight excluding hydrogens is 338 g/mol. The molecular formula is C19H25NO4S. The molecule has 0 amide bonds. The van der Waals surface area contributed by atoms with Gasteiger partial charge >= 0.3 is 0 Å². The molecule has 25 heavy (non-hydrogen) atoms. The summed E-state index contributed by atoms with van der Waals surface area (Å²) in [7, 11) is -3.59. The van der Waals surface area contributed by atoms with E-state index in [1.165, 1.54) is 4.31 Å². The highest BCUT2D eigenvalue weighted by Gasteiger charge is 2.33. The highest BCUT2D eigenvalue weighted by molar-refractivity contribution is 7.89. The molecule has 1 aliphatic heterocycles. The molecule has 0 radical (unpaired) electrons. The first-order chi connectivity index (χ1) is 11.9. The smallest absolute Gasteiger partial charge is 0.243 e. The maximum Gasteiger partial charge on any atom is 0.243 e. The van der Waals surface area contributed by atoms with Gasteiger partial charge in [0.15, 0.2) is 0 Å². The fourth-order valence-corrected chi connectivity index (χ4v) is 5.06. The van der Waals surface area contributed by atoms with Crippen molar-refractivity contribution in [3.05, 3.63) is 36.4 Å². The number of morpholine rings is 1. The van der Waals surface area contributed by atoms with Gasteiger partial charge in [0, 0.05) is 23.9 Å². The predicted molar refractivity (Wildman–Crippen MR) is 98.5 cm³/mol. The Labute approximate surface area is 149 Å². The van der Waals surface area contributed by atoms with Crippen molar-refractivity contribution < 1.29 is 17.9 Å². The topological polar surface area (TPSA) is 55.8 Å². The van der Waals surface area contributed by atoms with E-state index in [0.29, 0.717) is 30.0 Å². The summed E-state index contributed by atoms with van der Waals surface area (Å²) >= 11 is 0. The molecule has 2 aromatic rings. The first-order valence-corrected chi connectivity index (χ1v) is 10.2. The molecule has 2 atom stereocenters. The Bertz CT molecular complexity index is 840. The lowest BCUT2D eigenvalue weighted by Gasteiger charge is -2.34. The van der Waals surface area contributed by atoms with Crippen molar-refractivity contribution in [3.8, 4) is 5.75 Å². The molecule has 0 unspecified atom stereocenters. The van der Waals surface area contributed by atoms with E-state index >= 15 is 0 Å². The van der Waals surface area contributed by atoms with Crippen LogP contribution < -0.4 is 4.74 Å². The van der Waals surface area contributed by atoms with Gasteiger partial charge in [0.2, 0.25) is 10.0 Å². The van der Waals surface area contributed by atoms with Gasteiger partial charge in [-0.05, 0) is 32.4 Å². The van der Waals surface area contributed by atoms with Crippen LogP contribution in [0.4, 0.5) is 0 Å². The normalized spacial score (nSPS) is 22.2. The highest BCUT2D eigenvalue weighted by Crippen LogP contribution is 2.33. The number of benzene rings is 2. The molecule has 0 spiro atoms. The van der Waals surface area contributed by atoms with Crippen LogP contribution in [0.1, 0.15) is 27.2 Å². The Hall–Kier alpha value is -1.63. The SMILES string of the molecule is CCCOc1ccc(S(=O)(=O)N2C[C@@H](C)O[C@H](C)C2)c2ccccc12. The van der Waals surface area contributed by atoms with Crippen LogP contribution in [0.3, 0.4) is 0 Å². The van der Waals surface area contributed by atoms with E-state index in [0.717, 1.165) is 17.6 Å². The van der Waals surface area contributed by atoms with E-state index in [2.05, 4.69) is 0 Å². The molecule has 1 heterocycles. The minimum atomic E-state index is -3.59. The monoisotopic (exact) mass is 363 g/mol. The maximum absolute atomic E-state index is 13.2. The van der Waals surface area contributed by atoms with Crippen molar-refractivity contribution in [1.29, 1.82) is 0 Å². The predicted octanol–water partition coefficient (Wildman–Crippen LogP) is 3.43. The van der Waals surface area contributed by atoms with Crippen molar-refractivity contribution in [2.24, 2.45) is 0 Å². The van der Waals surface area contributed by atoms with E-state index < -0.39 is 10.0 Å². The second-order valence-corrected chi connectivity index (χ2v) is 8.44. The van der Waals surface area contributed by atoms with Gasteiger partial charge in [-0.25, -0.2) is 8.42 Å². The zero-order valence-corrected chi connectivity index (χ0v) is 15.8. The van der Waals surface area contributed by atoms with Crippen molar-refractivity contribution in [2.45, 2.75) is 44.3 Å². The second kappa shape index (κ2) is 7.32. The molecule has 6 heteroatoms. The Kier molecular flexibility index (Phi) is 5.32. The van der Waals surface area contributed by atoms with E-state index in [9.17, 15) is 8.42 Å². The number of nitrogens with zero attached hydrogens (tertiary/aromatic N) is 1. The van der Waals surface area contributed by atoms with Crippen LogP contribution >= 0.6 is 0 Å². The Balaban J connectivity index is 2.06. The lowest BCUT2D eigenvalue weighted by molar-refractivity contribution is -0.0440. The van der Waals surface area contributed by atoms with Crippen LogP contribution in [0.15, 0.2) is 41.3 Å². The molecule has 1 aliphatic rings. The van der Waals surface area contributed by atoms with Crippen LogP contribution in [-0.2, 0) is 14.8 Å². The van der Waals surface area contributed by atoms with Gasteiger partial charge < -0.3 is 9.47 Å². The molecule has 136 valence electrons. The summed E-state index contributed by atoms with van der Waals surface area (Å²) < 4.78 is 39.5.